The molecule has 0 spiro atoms. The number of aliphatic hydroxyl groups is 6. The lowest BCUT2D eigenvalue weighted by molar-refractivity contribution is -0.318. The summed E-state index contributed by atoms with van der Waals surface area (Å²) in [5, 5.41) is 80.4. The lowest BCUT2D eigenvalue weighted by Gasteiger charge is -2.67. The molecule has 4 saturated carbocycles. The van der Waals surface area contributed by atoms with Crippen LogP contribution < -0.4 is 0 Å². The third-order valence-electron chi connectivity index (χ3n) is 12.0. The molecule has 230 valence electrons. The van der Waals surface area contributed by atoms with Gasteiger partial charge < -0.3 is 50.1 Å². The van der Waals surface area contributed by atoms with Crippen LogP contribution in [-0.4, -0.2) is 109 Å². The van der Waals surface area contributed by atoms with Gasteiger partial charge in [0.1, 0.15) is 24.9 Å². The van der Waals surface area contributed by atoms with Crippen LogP contribution in [0.25, 0.3) is 0 Å². The van der Waals surface area contributed by atoms with E-state index in [0.717, 1.165) is 5.57 Å². The summed E-state index contributed by atoms with van der Waals surface area (Å²) in [5.74, 6) is -1.50. The van der Waals surface area contributed by atoms with Gasteiger partial charge >= 0.3 is 5.97 Å². The highest BCUT2D eigenvalue weighted by Gasteiger charge is 2.73. The van der Waals surface area contributed by atoms with Gasteiger partial charge in [-0.3, -0.25) is 0 Å². The number of esters is 1. The summed E-state index contributed by atoms with van der Waals surface area (Å²) < 4.78 is 16.8. The summed E-state index contributed by atoms with van der Waals surface area (Å²) in [5.41, 5.74) is -3.65. The van der Waals surface area contributed by atoms with Gasteiger partial charge in [0.2, 0.25) is 0 Å². The number of hydrogen-bond acceptors (Lipinski definition) is 12. The van der Waals surface area contributed by atoms with E-state index >= 15 is 0 Å². The van der Waals surface area contributed by atoms with Crippen molar-refractivity contribution in [1.82, 2.24) is 0 Å². The minimum absolute atomic E-state index is 0.0965. The Bertz CT molecular complexity index is 1120. The molecule has 0 aromatic heterocycles. The number of carbonyl (C=O) groups is 1. The first-order valence-electron chi connectivity index (χ1n) is 14.8. The van der Waals surface area contributed by atoms with Crippen LogP contribution in [0.3, 0.4) is 0 Å². The Kier molecular flexibility index (Phi) is 7.14. The van der Waals surface area contributed by atoms with Crippen LogP contribution in [0.1, 0.15) is 65.2 Å². The lowest BCUT2D eigenvalue weighted by atomic mass is 9.41. The SMILES string of the molecule is C[C@H]1O[C@@H](O[C@@H]2CC[C@]3(/C=N\O)[C@H]4[C@H](O)C[C@]5(C)[C@H](C6=CC(=O)OC6)CC[C@@]5(O)[C@H]4CC[C@@]3(O)C2)[C@H](O)[C@H](O)[C@H]1O. The van der Waals surface area contributed by atoms with Crippen molar-refractivity contribution in [2.45, 2.75) is 119 Å². The topological polar surface area (TPSA) is 199 Å². The van der Waals surface area contributed by atoms with Crippen LogP contribution in [0.5, 0.6) is 0 Å². The zero-order valence-corrected chi connectivity index (χ0v) is 23.5. The Hall–Kier alpha value is -1.64. The largest absolute Gasteiger partial charge is 0.458 e. The number of aliphatic hydroxyl groups excluding tert-OH is 4. The molecule has 12 nitrogen and oxygen atoms in total. The van der Waals surface area contributed by atoms with Gasteiger partial charge in [-0.25, -0.2) is 4.79 Å². The van der Waals surface area contributed by atoms with Gasteiger partial charge in [-0.15, -0.1) is 5.16 Å². The van der Waals surface area contributed by atoms with Crippen molar-refractivity contribution in [2.75, 3.05) is 6.61 Å². The lowest BCUT2D eigenvalue weighted by Crippen LogP contribution is -2.72. The molecule has 4 aliphatic carbocycles. The zero-order chi connectivity index (χ0) is 29.5. The first-order valence-corrected chi connectivity index (χ1v) is 14.8. The molecule has 12 heteroatoms. The van der Waals surface area contributed by atoms with Crippen molar-refractivity contribution in [3.8, 4) is 0 Å². The van der Waals surface area contributed by atoms with Gasteiger partial charge in [-0.05, 0) is 69.3 Å². The molecular formula is C29H43NO11. The third-order valence-corrected chi connectivity index (χ3v) is 12.0. The maximum absolute atomic E-state index is 12.4. The Labute approximate surface area is 238 Å². The van der Waals surface area contributed by atoms with Gasteiger partial charge in [0, 0.05) is 29.2 Å². The van der Waals surface area contributed by atoms with Crippen molar-refractivity contribution in [3.63, 3.8) is 0 Å². The molecule has 7 N–H and O–H groups in total. The molecule has 0 unspecified atom stereocenters. The van der Waals surface area contributed by atoms with Crippen molar-refractivity contribution in [1.29, 1.82) is 0 Å². The van der Waals surface area contributed by atoms with E-state index in [0.29, 0.717) is 25.7 Å². The summed E-state index contributed by atoms with van der Waals surface area (Å²) in [6, 6.07) is 0. The van der Waals surface area contributed by atoms with Crippen LogP contribution in [0, 0.1) is 28.6 Å². The van der Waals surface area contributed by atoms with E-state index in [9.17, 15) is 40.6 Å². The number of carbonyl (C=O) groups excluding carboxylic acids is 1. The first kappa shape index (κ1) is 29.4. The molecule has 14 atom stereocenters. The van der Waals surface area contributed by atoms with Crippen molar-refractivity contribution in [3.05, 3.63) is 11.6 Å². The second-order valence-corrected chi connectivity index (χ2v) is 13.7. The fourth-order valence-corrected chi connectivity index (χ4v) is 9.94. The minimum atomic E-state index is -1.48. The van der Waals surface area contributed by atoms with E-state index < -0.39 is 76.8 Å². The van der Waals surface area contributed by atoms with Crippen molar-refractivity contribution in [2.24, 2.45) is 33.7 Å². The summed E-state index contributed by atoms with van der Waals surface area (Å²) >= 11 is 0. The van der Waals surface area contributed by atoms with Crippen LogP contribution in [-0.2, 0) is 19.0 Å². The van der Waals surface area contributed by atoms with Crippen LogP contribution >= 0.6 is 0 Å². The molecule has 0 bridgehead atoms. The number of fused-ring (bicyclic) bond motifs is 5. The number of oxime groups is 1. The molecule has 0 radical (unpaired) electrons. The molecule has 0 aromatic rings. The van der Waals surface area contributed by atoms with E-state index in [1.165, 1.54) is 12.3 Å². The fourth-order valence-electron chi connectivity index (χ4n) is 9.94. The molecule has 2 aliphatic heterocycles. The monoisotopic (exact) mass is 581 g/mol. The number of nitrogens with zero attached hydrogens (tertiary/aromatic N) is 1. The molecule has 0 aromatic carbocycles. The molecule has 0 amide bonds. The van der Waals surface area contributed by atoms with Crippen LogP contribution in [0.4, 0.5) is 0 Å². The molecule has 6 rings (SSSR count). The van der Waals surface area contributed by atoms with E-state index in [-0.39, 0.29) is 44.2 Å². The molecule has 6 aliphatic rings. The van der Waals surface area contributed by atoms with E-state index in [1.54, 1.807) is 6.92 Å². The molecule has 2 heterocycles. The van der Waals surface area contributed by atoms with E-state index in [1.807, 2.05) is 6.92 Å². The smallest absolute Gasteiger partial charge is 0.331 e. The summed E-state index contributed by atoms with van der Waals surface area (Å²) in [7, 11) is 0. The van der Waals surface area contributed by atoms with Gasteiger partial charge in [0.25, 0.3) is 0 Å². The maximum Gasteiger partial charge on any atom is 0.331 e. The van der Waals surface area contributed by atoms with Gasteiger partial charge in [0.15, 0.2) is 6.29 Å². The van der Waals surface area contributed by atoms with E-state index in [2.05, 4.69) is 5.16 Å². The minimum Gasteiger partial charge on any atom is -0.458 e. The van der Waals surface area contributed by atoms with Crippen molar-refractivity contribution >= 4 is 12.2 Å². The third kappa shape index (κ3) is 4.09. The zero-order valence-electron chi connectivity index (χ0n) is 23.5. The summed E-state index contributed by atoms with van der Waals surface area (Å²) in [6.07, 6.45) is -2.02. The Morgan fingerprint density at radius 3 is 2.46 bits per heavy atom. The Morgan fingerprint density at radius 1 is 1.02 bits per heavy atom. The molecule has 41 heavy (non-hydrogen) atoms. The predicted octanol–water partition coefficient (Wildman–Crippen LogP) is -0.0181. The van der Waals surface area contributed by atoms with Crippen molar-refractivity contribution < 1.29 is 54.9 Å². The summed E-state index contributed by atoms with van der Waals surface area (Å²) in [6.45, 7) is 3.74. The maximum atomic E-state index is 12.4. The Balaban J connectivity index is 1.28. The first-order chi connectivity index (χ1) is 19.3. The van der Waals surface area contributed by atoms with Crippen LogP contribution in [0.2, 0.25) is 0 Å². The second kappa shape index (κ2) is 9.95. The van der Waals surface area contributed by atoms with Gasteiger partial charge in [-0.1, -0.05) is 6.92 Å². The van der Waals surface area contributed by atoms with Gasteiger partial charge in [-0.2, -0.15) is 0 Å². The number of ether oxygens (including phenoxy) is 3. The van der Waals surface area contributed by atoms with Crippen LogP contribution in [0.15, 0.2) is 16.8 Å². The summed E-state index contributed by atoms with van der Waals surface area (Å²) in [4.78, 5) is 11.8. The molecule has 5 fully saturated rings. The second-order valence-electron chi connectivity index (χ2n) is 13.7. The van der Waals surface area contributed by atoms with Gasteiger partial charge in [0.05, 0.1) is 35.7 Å². The highest BCUT2D eigenvalue weighted by molar-refractivity contribution is 5.85. The Morgan fingerprint density at radius 2 is 1.78 bits per heavy atom. The standard InChI is InChI=1S/C29H43NO11/c1-14-22(33)23(34)24(35)25(40-14)41-16-3-6-27(13-30-38)21-18(4-7-28(27,36)10-16)29(37)8-5-17(15-9-20(32)39-12-15)26(29,2)11-19(21)31/h9,13-14,16-19,21-25,31,33-38H,3-8,10-12H2,1-2H3/b30-13-/t14-,16-,17+,18+,19-,21-,22+,23-,24-,25+,26-,27+,28-,29-/m1/s1. The quantitative estimate of drug-likeness (QED) is 0.0774. The average molecular weight is 582 g/mol. The highest BCUT2D eigenvalue weighted by atomic mass is 16.7. The predicted molar refractivity (Wildman–Crippen MR) is 140 cm³/mol. The fraction of sp³-hybridized carbons (Fsp3) is 0.862. The number of cyclic esters (lactones) is 1. The number of hydrogen-bond donors (Lipinski definition) is 7. The average Bonchev–Trinajstić information content (AvgIpc) is 3.46. The normalized spacial score (nSPS) is 55.2. The number of rotatable bonds is 4. The molecule has 1 saturated heterocycles. The highest BCUT2D eigenvalue weighted by Crippen LogP contribution is 2.70. The molecular weight excluding hydrogens is 538 g/mol. The van der Waals surface area contributed by atoms with E-state index in [4.69, 9.17) is 14.2 Å².